The quantitative estimate of drug-likeness (QED) is 0.719. The van der Waals surface area contributed by atoms with Crippen LogP contribution in [0.1, 0.15) is 37.8 Å². The number of aryl methyl sites for hydroxylation is 2. The monoisotopic (exact) mass is 231 g/mol. The van der Waals surface area contributed by atoms with Gasteiger partial charge in [-0.25, -0.2) is 0 Å². The minimum absolute atomic E-state index is 0.330. The second kappa shape index (κ2) is 4.51. The van der Waals surface area contributed by atoms with E-state index in [0.29, 0.717) is 0 Å². The van der Waals surface area contributed by atoms with E-state index in [1.54, 1.807) is 11.8 Å². The molecule has 1 nitrogen and oxygen atoms in total. The molecule has 0 aromatic heterocycles. The highest BCUT2D eigenvalue weighted by molar-refractivity contribution is 8.00. The number of benzene rings is 1. The summed E-state index contributed by atoms with van der Waals surface area (Å²) in [4.78, 5) is 1.23. The van der Waals surface area contributed by atoms with Crippen molar-refractivity contribution in [3.8, 4) is 6.07 Å². The van der Waals surface area contributed by atoms with Crippen LogP contribution < -0.4 is 0 Å². The van der Waals surface area contributed by atoms with Gasteiger partial charge in [0.15, 0.2) is 0 Å². The van der Waals surface area contributed by atoms with Crippen LogP contribution in [0.4, 0.5) is 0 Å². The van der Waals surface area contributed by atoms with Crippen molar-refractivity contribution in [1.82, 2.24) is 0 Å². The Labute approximate surface area is 102 Å². The minimum atomic E-state index is -0.330. The predicted molar refractivity (Wildman–Crippen MR) is 68.6 cm³/mol. The first-order valence-corrected chi connectivity index (χ1v) is 6.64. The lowest BCUT2D eigenvalue weighted by molar-refractivity contribution is 0.683. The smallest absolute Gasteiger partial charge is 0.101 e. The van der Waals surface area contributed by atoms with E-state index in [-0.39, 0.29) is 4.75 Å². The Kier molecular flexibility index (Phi) is 3.25. The van der Waals surface area contributed by atoms with Gasteiger partial charge in [-0.2, -0.15) is 5.26 Å². The van der Waals surface area contributed by atoms with Gasteiger partial charge in [-0.15, -0.1) is 11.8 Å². The van der Waals surface area contributed by atoms with Gasteiger partial charge >= 0.3 is 0 Å². The van der Waals surface area contributed by atoms with E-state index < -0.39 is 0 Å². The molecular weight excluding hydrogens is 214 g/mol. The van der Waals surface area contributed by atoms with Gasteiger partial charge in [-0.1, -0.05) is 6.07 Å². The summed E-state index contributed by atoms with van der Waals surface area (Å²) in [5.41, 5.74) is 3.00. The molecule has 1 aromatic rings. The lowest BCUT2D eigenvalue weighted by Gasteiger charge is -2.19. The van der Waals surface area contributed by atoms with Crippen LogP contribution in [0.5, 0.6) is 0 Å². The Bertz CT molecular complexity index is 429. The van der Waals surface area contributed by atoms with E-state index >= 15 is 0 Å². The van der Waals surface area contributed by atoms with Crippen LogP contribution in [-0.2, 0) is 12.8 Å². The zero-order chi connectivity index (χ0) is 11.6. The SMILES string of the molecule is CC(C)(C#N)Sc1ccc2c(c1)CCCC2. The average Bonchev–Trinajstić information content (AvgIpc) is 2.28. The van der Waals surface area contributed by atoms with Gasteiger partial charge < -0.3 is 0 Å². The zero-order valence-electron chi connectivity index (χ0n) is 9.92. The molecule has 1 aliphatic rings. The lowest BCUT2D eigenvalue weighted by atomic mass is 9.92. The molecule has 0 saturated carbocycles. The molecule has 16 heavy (non-hydrogen) atoms. The largest absolute Gasteiger partial charge is 0.197 e. The average molecular weight is 231 g/mol. The van der Waals surface area contributed by atoms with Crippen LogP contribution >= 0.6 is 11.8 Å². The molecule has 0 unspecified atom stereocenters. The van der Waals surface area contributed by atoms with Gasteiger partial charge in [-0.05, 0) is 62.8 Å². The second-order valence-corrected chi connectivity index (χ2v) is 6.56. The van der Waals surface area contributed by atoms with Crippen molar-refractivity contribution in [3.63, 3.8) is 0 Å². The van der Waals surface area contributed by atoms with Crippen molar-refractivity contribution in [3.05, 3.63) is 29.3 Å². The number of fused-ring (bicyclic) bond motifs is 1. The van der Waals surface area contributed by atoms with Gasteiger partial charge in [0, 0.05) is 4.90 Å². The molecule has 2 heteroatoms. The molecule has 0 atom stereocenters. The number of rotatable bonds is 2. The molecule has 0 heterocycles. The Balaban J connectivity index is 2.21. The molecular formula is C14H17NS. The Morgan fingerprint density at radius 2 is 1.88 bits per heavy atom. The van der Waals surface area contributed by atoms with E-state index in [1.165, 1.54) is 41.7 Å². The highest BCUT2D eigenvalue weighted by Gasteiger charge is 2.19. The number of nitrogens with zero attached hydrogens (tertiary/aromatic N) is 1. The van der Waals surface area contributed by atoms with E-state index in [9.17, 15) is 0 Å². The molecule has 1 aliphatic carbocycles. The molecule has 0 bridgehead atoms. The predicted octanol–water partition coefficient (Wildman–Crippen LogP) is 3.96. The number of hydrogen-bond acceptors (Lipinski definition) is 2. The van der Waals surface area contributed by atoms with Gasteiger partial charge in [0.25, 0.3) is 0 Å². The Hall–Kier alpha value is -0.940. The van der Waals surface area contributed by atoms with Gasteiger partial charge in [0.1, 0.15) is 4.75 Å². The molecule has 0 fully saturated rings. The van der Waals surface area contributed by atoms with Crippen molar-refractivity contribution in [2.24, 2.45) is 0 Å². The summed E-state index contributed by atoms with van der Waals surface area (Å²) in [5, 5.41) is 9.02. The first-order chi connectivity index (χ1) is 7.61. The molecule has 0 aliphatic heterocycles. The van der Waals surface area contributed by atoms with Crippen molar-refractivity contribution in [2.75, 3.05) is 0 Å². The molecule has 2 rings (SSSR count). The Morgan fingerprint density at radius 3 is 2.56 bits per heavy atom. The highest BCUT2D eigenvalue weighted by Crippen LogP contribution is 2.34. The fourth-order valence-corrected chi connectivity index (χ4v) is 3.06. The summed E-state index contributed by atoms with van der Waals surface area (Å²) in [6.45, 7) is 3.94. The maximum atomic E-state index is 9.02. The fourth-order valence-electron chi connectivity index (χ4n) is 2.09. The number of hydrogen-bond donors (Lipinski definition) is 0. The van der Waals surface area contributed by atoms with Crippen molar-refractivity contribution >= 4 is 11.8 Å². The van der Waals surface area contributed by atoms with Crippen LogP contribution in [0, 0.1) is 11.3 Å². The first-order valence-electron chi connectivity index (χ1n) is 5.83. The van der Waals surface area contributed by atoms with Crippen molar-refractivity contribution in [2.45, 2.75) is 49.2 Å². The summed E-state index contributed by atoms with van der Waals surface area (Å²) < 4.78 is -0.330. The molecule has 0 radical (unpaired) electrons. The van der Waals surface area contributed by atoms with E-state index in [4.69, 9.17) is 5.26 Å². The van der Waals surface area contributed by atoms with Crippen LogP contribution in [0.3, 0.4) is 0 Å². The standard InChI is InChI=1S/C14H17NS/c1-14(2,10-15)16-13-8-7-11-5-3-4-6-12(11)9-13/h7-9H,3-6H2,1-2H3. The van der Waals surface area contributed by atoms with Crippen LogP contribution in [0.25, 0.3) is 0 Å². The number of thioether (sulfide) groups is 1. The van der Waals surface area contributed by atoms with Crippen molar-refractivity contribution < 1.29 is 0 Å². The third kappa shape index (κ3) is 2.59. The number of nitriles is 1. The fraction of sp³-hybridized carbons (Fsp3) is 0.500. The summed E-state index contributed by atoms with van der Waals surface area (Å²) in [5.74, 6) is 0. The molecule has 0 amide bonds. The summed E-state index contributed by atoms with van der Waals surface area (Å²) >= 11 is 1.66. The van der Waals surface area contributed by atoms with E-state index in [1.807, 2.05) is 13.8 Å². The van der Waals surface area contributed by atoms with Crippen molar-refractivity contribution in [1.29, 1.82) is 5.26 Å². The van der Waals surface area contributed by atoms with E-state index in [0.717, 1.165) is 0 Å². The molecule has 1 aromatic carbocycles. The molecule has 84 valence electrons. The van der Waals surface area contributed by atoms with Gasteiger partial charge in [0.05, 0.1) is 6.07 Å². The normalized spacial score (nSPS) is 15.3. The van der Waals surface area contributed by atoms with Gasteiger partial charge in [-0.3, -0.25) is 0 Å². The summed E-state index contributed by atoms with van der Waals surface area (Å²) in [6, 6.07) is 9.01. The highest BCUT2D eigenvalue weighted by atomic mass is 32.2. The molecule has 0 saturated heterocycles. The van der Waals surface area contributed by atoms with E-state index in [2.05, 4.69) is 24.3 Å². The van der Waals surface area contributed by atoms with Gasteiger partial charge in [0.2, 0.25) is 0 Å². The minimum Gasteiger partial charge on any atom is -0.197 e. The molecule has 0 N–H and O–H groups in total. The second-order valence-electron chi connectivity index (χ2n) is 4.86. The lowest BCUT2D eigenvalue weighted by Crippen LogP contribution is -2.10. The third-order valence-electron chi connectivity index (χ3n) is 2.96. The van der Waals surface area contributed by atoms with Crippen LogP contribution in [0.15, 0.2) is 23.1 Å². The molecule has 0 spiro atoms. The van der Waals surface area contributed by atoms with Crippen LogP contribution in [-0.4, -0.2) is 4.75 Å². The summed E-state index contributed by atoms with van der Waals surface area (Å²) in [6.07, 6.45) is 5.06. The third-order valence-corrected chi connectivity index (χ3v) is 4.05. The summed E-state index contributed by atoms with van der Waals surface area (Å²) in [7, 11) is 0. The maximum Gasteiger partial charge on any atom is 0.101 e. The Morgan fingerprint density at radius 1 is 1.19 bits per heavy atom. The van der Waals surface area contributed by atoms with Crippen LogP contribution in [0.2, 0.25) is 0 Å². The zero-order valence-corrected chi connectivity index (χ0v) is 10.7. The topological polar surface area (TPSA) is 23.8 Å². The first kappa shape index (κ1) is 11.5. The maximum absolute atomic E-state index is 9.02.